The number of nitrogens with two attached hydrogens (primary N) is 1. The molecule has 2 rings (SSSR count). The quantitative estimate of drug-likeness (QED) is 0.581. The van der Waals surface area contributed by atoms with Crippen molar-refractivity contribution in [1.82, 2.24) is 15.7 Å². The molecular weight excluding hydrogens is 272 g/mol. The molecule has 98 valence electrons. The van der Waals surface area contributed by atoms with E-state index in [9.17, 15) is 4.79 Å². The van der Waals surface area contributed by atoms with Gasteiger partial charge in [0, 0.05) is 5.02 Å². The van der Waals surface area contributed by atoms with Crippen LogP contribution in [0, 0.1) is 0 Å². The van der Waals surface area contributed by atoms with Crippen molar-refractivity contribution < 1.29 is 9.42 Å². The maximum atomic E-state index is 11.4. The van der Waals surface area contributed by atoms with Crippen LogP contribution in [0.4, 0.5) is 16.4 Å². The van der Waals surface area contributed by atoms with Crippen molar-refractivity contribution in [2.45, 2.75) is 0 Å². The predicted molar refractivity (Wildman–Crippen MR) is 69.9 cm³/mol. The molecule has 0 aliphatic heterocycles. The second-order valence-electron chi connectivity index (χ2n) is 3.37. The number of urea groups is 1. The van der Waals surface area contributed by atoms with Crippen molar-refractivity contribution in [2.75, 3.05) is 11.1 Å². The number of nitrogen functional groups attached to an aromatic ring is 1. The summed E-state index contributed by atoms with van der Waals surface area (Å²) < 4.78 is 4.31. The Labute approximate surface area is 112 Å². The van der Waals surface area contributed by atoms with Crippen molar-refractivity contribution in [2.24, 2.45) is 5.10 Å². The number of carbonyl (C=O) groups excluding carboxylic acids is 1. The second-order valence-corrected chi connectivity index (χ2v) is 3.81. The average molecular weight is 281 g/mol. The standard InChI is InChI=1S/C10H9ClN6O2/c11-7-3-1-6(2-4-7)5-13-15-10(18)14-9-8(12)16-19-17-9/h1-5H,(H2,12,16)(H2,14,15,17,18)/b13-5-. The van der Waals surface area contributed by atoms with E-state index in [4.69, 9.17) is 17.3 Å². The summed E-state index contributed by atoms with van der Waals surface area (Å²) in [6.45, 7) is 0. The van der Waals surface area contributed by atoms with Crippen LogP contribution in [-0.2, 0) is 0 Å². The van der Waals surface area contributed by atoms with Crippen LogP contribution in [0.2, 0.25) is 5.02 Å². The third kappa shape index (κ3) is 3.68. The highest BCUT2D eigenvalue weighted by atomic mass is 35.5. The lowest BCUT2D eigenvalue weighted by molar-refractivity contribution is 0.252. The molecule has 19 heavy (non-hydrogen) atoms. The SMILES string of the molecule is Nc1nonc1NC(=O)N/N=C\c1ccc(Cl)cc1. The topological polar surface area (TPSA) is 118 Å². The summed E-state index contributed by atoms with van der Waals surface area (Å²) in [5.41, 5.74) is 8.38. The lowest BCUT2D eigenvalue weighted by Crippen LogP contribution is -2.24. The summed E-state index contributed by atoms with van der Waals surface area (Å²) in [7, 11) is 0. The fraction of sp³-hybridized carbons (Fsp3) is 0. The Bertz CT molecular complexity index is 594. The van der Waals surface area contributed by atoms with E-state index in [2.05, 4.69) is 30.8 Å². The molecule has 1 aromatic carbocycles. The van der Waals surface area contributed by atoms with Gasteiger partial charge < -0.3 is 5.73 Å². The zero-order chi connectivity index (χ0) is 13.7. The second kappa shape index (κ2) is 5.83. The van der Waals surface area contributed by atoms with Gasteiger partial charge in [-0.3, -0.25) is 5.32 Å². The Morgan fingerprint density at radius 1 is 1.37 bits per heavy atom. The van der Waals surface area contributed by atoms with Crippen LogP contribution in [-0.4, -0.2) is 22.6 Å². The molecule has 1 heterocycles. The number of nitrogens with zero attached hydrogens (tertiary/aromatic N) is 3. The van der Waals surface area contributed by atoms with E-state index in [-0.39, 0.29) is 11.6 Å². The van der Waals surface area contributed by atoms with Crippen molar-refractivity contribution in [3.8, 4) is 0 Å². The number of hydrazone groups is 1. The average Bonchev–Trinajstić information content (AvgIpc) is 2.78. The van der Waals surface area contributed by atoms with E-state index < -0.39 is 6.03 Å². The predicted octanol–water partition coefficient (Wildman–Crippen LogP) is 1.46. The molecule has 1 aromatic heterocycles. The molecule has 0 unspecified atom stereocenters. The summed E-state index contributed by atoms with van der Waals surface area (Å²) in [5.74, 6) is 0.0102. The lowest BCUT2D eigenvalue weighted by Gasteiger charge is -1.99. The van der Waals surface area contributed by atoms with Crippen LogP contribution in [0.3, 0.4) is 0 Å². The first-order chi connectivity index (χ1) is 9.15. The minimum atomic E-state index is -0.618. The summed E-state index contributed by atoms with van der Waals surface area (Å²) >= 11 is 5.73. The number of amides is 2. The van der Waals surface area contributed by atoms with Crippen LogP contribution in [0.15, 0.2) is 34.0 Å². The first-order valence-electron chi connectivity index (χ1n) is 5.09. The van der Waals surface area contributed by atoms with Crippen molar-refractivity contribution in [1.29, 1.82) is 0 Å². The van der Waals surface area contributed by atoms with E-state index in [0.29, 0.717) is 5.02 Å². The fourth-order valence-electron chi connectivity index (χ4n) is 1.13. The van der Waals surface area contributed by atoms with Gasteiger partial charge >= 0.3 is 6.03 Å². The van der Waals surface area contributed by atoms with Crippen molar-refractivity contribution in [3.63, 3.8) is 0 Å². The minimum Gasteiger partial charge on any atom is -0.378 e. The van der Waals surface area contributed by atoms with Crippen LogP contribution < -0.4 is 16.5 Å². The van der Waals surface area contributed by atoms with Gasteiger partial charge in [-0.05, 0) is 28.0 Å². The van der Waals surface area contributed by atoms with Gasteiger partial charge in [0.15, 0.2) is 0 Å². The van der Waals surface area contributed by atoms with Gasteiger partial charge in [0.25, 0.3) is 0 Å². The number of halogens is 1. The van der Waals surface area contributed by atoms with Crippen LogP contribution in [0.5, 0.6) is 0 Å². The number of nitrogens with one attached hydrogen (secondary N) is 2. The van der Waals surface area contributed by atoms with E-state index in [0.717, 1.165) is 5.56 Å². The highest BCUT2D eigenvalue weighted by Crippen LogP contribution is 2.10. The molecule has 0 atom stereocenters. The fourth-order valence-corrected chi connectivity index (χ4v) is 1.26. The zero-order valence-electron chi connectivity index (χ0n) is 9.50. The van der Waals surface area contributed by atoms with Gasteiger partial charge in [0.1, 0.15) is 0 Å². The maximum absolute atomic E-state index is 11.4. The molecule has 4 N–H and O–H groups in total. The Morgan fingerprint density at radius 3 is 2.74 bits per heavy atom. The first-order valence-corrected chi connectivity index (χ1v) is 5.46. The summed E-state index contributed by atoms with van der Waals surface area (Å²) in [6.07, 6.45) is 1.46. The van der Waals surface area contributed by atoms with E-state index in [1.807, 2.05) is 0 Å². The number of hydrogen-bond acceptors (Lipinski definition) is 6. The number of benzene rings is 1. The number of carbonyl (C=O) groups is 1. The van der Waals surface area contributed by atoms with E-state index in [1.165, 1.54) is 6.21 Å². The normalized spacial score (nSPS) is 10.6. The van der Waals surface area contributed by atoms with E-state index in [1.54, 1.807) is 24.3 Å². The highest BCUT2D eigenvalue weighted by molar-refractivity contribution is 6.30. The molecule has 2 aromatic rings. The molecule has 0 aliphatic carbocycles. The molecule has 0 bridgehead atoms. The number of anilines is 2. The molecule has 0 aliphatic rings. The van der Waals surface area contributed by atoms with Gasteiger partial charge in [-0.1, -0.05) is 23.7 Å². The molecule has 0 fully saturated rings. The van der Waals surface area contributed by atoms with Gasteiger partial charge in [0.05, 0.1) is 6.21 Å². The Hall–Kier alpha value is -2.61. The largest absolute Gasteiger partial charge is 0.378 e. The maximum Gasteiger partial charge on any atom is 0.340 e. The Balaban J connectivity index is 1.86. The molecule has 8 nitrogen and oxygen atoms in total. The summed E-state index contributed by atoms with van der Waals surface area (Å²) in [4.78, 5) is 11.4. The zero-order valence-corrected chi connectivity index (χ0v) is 10.3. The van der Waals surface area contributed by atoms with Gasteiger partial charge in [-0.25, -0.2) is 14.8 Å². The Morgan fingerprint density at radius 2 is 2.11 bits per heavy atom. The number of hydrogen-bond donors (Lipinski definition) is 3. The van der Waals surface area contributed by atoms with Crippen molar-refractivity contribution in [3.05, 3.63) is 34.9 Å². The smallest absolute Gasteiger partial charge is 0.340 e. The number of rotatable bonds is 3. The van der Waals surface area contributed by atoms with Crippen LogP contribution >= 0.6 is 11.6 Å². The monoisotopic (exact) mass is 280 g/mol. The first kappa shape index (κ1) is 12.8. The van der Waals surface area contributed by atoms with Gasteiger partial charge in [0.2, 0.25) is 11.6 Å². The lowest BCUT2D eigenvalue weighted by atomic mass is 10.2. The molecule has 2 amide bonds. The third-order valence-electron chi connectivity index (χ3n) is 2.00. The van der Waals surface area contributed by atoms with Crippen LogP contribution in [0.1, 0.15) is 5.56 Å². The Kier molecular flexibility index (Phi) is 3.94. The molecule has 9 heteroatoms. The van der Waals surface area contributed by atoms with E-state index >= 15 is 0 Å². The van der Waals surface area contributed by atoms with Gasteiger partial charge in [-0.2, -0.15) is 5.10 Å². The summed E-state index contributed by atoms with van der Waals surface area (Å²) in [6, 6.07) is 6.32. The van der Waals surface area contributed by atoms with Crippen molar-refractivity contribution >= 4 is 35.5 Å². The highest BCUT2D eigenvalue weighted by Gasteiger charge is 2.08. The molecule has 0 saturated heterocycles. The molecular formula is C10H9ClN6O2. The molecule has 0 saturated carbocycles. The van der Waals surface area contributed by atoms with Crippen LogP contribution in [0.25, 0.3) is 0 Å². The minimum absolute atomic E-state index is 0.0168. The third-order valence-corrected chi connectivity index (χ3v) is 2.25. The number of aromatic nitrogens is 2. The van der Waals surface area contributed by atoms with Gasteiger partial charge in [-0.15, -0.1) is 0 Å². The molecule has 0 spiro atoms. The molecule has 0 radical (unpaired) electrons. The summed E-state index contributed by atoms with van der Waals surface area (Å²) in [5, 5.41) is 13.3.